The van der Waals surface area contributed by atoms with Gasteiger partial charge in [-0.25, -0.2) is 4.39 Å². The first kappa shape index (κ1) is 8.66. The highest BCUT2D eigenvalue weighted by molar-refractivity contribution is 6.29. The van der Waals surface area contributed by atoms with Crippen molar-refractivity contribution in [1.82, 2.24) is 4.98 Å². The van der Waals surface area contributed by atoms with Gasteiger partial charge in [0.05, 0.1) is 0 Å². The van der Waals surface area contributed by atoms with E-state index in [4.69, 9.17) is 16.7 Å². The van der Waals surface area contributed by atoms with Crippen LogP contribution in [0.1, 0.15) is 0 Å². The van der Waals surface area contributed by atoms with E-state index in [1.54, 1.807) is 0 Å². The number of rotatable bonds is 1. The Hall–Kier alpha value is -1.43. The molecule has 1 N–H and O–H groups in total. The zero-order valence-electron chi connectivity index (χ0n) is 5.49. The van der Waals surface area contributed by atoms with Crippen molar-refractivity contribution in [2.75, 3.05) is 0 Å². The monoisotopic (exact) mass is 192 g/mol. The van der Waals surface area contributed by atoms with Crippen LogP contribution in [0.4, 0.5) is 10.2 Å². The minimum absolute atomic E-state index is 0.378. The zero-order valence-corrected chi connectivity index (χ0v) is 6.25. The average molecular weight is 193 g/mol. The molecule has 1 rings (SSSR count). The summed E-state index contributed by atoms with van der Waals surface area (Å²) >= 11 is 5.20. The van der Waals surface area contributed by atoms with Gasteiger partial charge in [-0.15, -0.1) is 0 Å². The number of pyridine rings is 1. The summed E-state index contributed by atoms with van der Waals surface area (Å²) in [5.74, 6) is -3.26. The summed E-state index contributed by atoms with van der Waals surface area (Å²) < 4.78 is 12.5. The quantitative estimate of drug-likeness (QED) is 0.415. The minimum Gasteiger partial charge on any atom is -0.499 e. The maximum atomic E-state index is 12.5. The molecule has 0 fully saturated rings. The molecule has 1 aromatic heterocycles. The predicted octanol–water partition coefficient (Wildman–Crippen LogP) is 1.49. The molecule has 0 radical (unpaired) electrons. The number of aromatic hydroxyl groups is 1. The van der Waals surface area contributed by atoms with E-state index in [2.05, 4.69) is 4.98 Å². The average Bonchev–Trinajstić information content (AvgIpc) is 1.96. The molecular weight excluding hydrogens is 191 g/mol. The Balaban J connectivity index is 3.37. The van der Waals surface area contributed by atoms with Gasteiger partial charge in [-0.05, 0) is 21.5 Å². The lowest BCUT2D eigenvalue weighted by atomic mass is 10.4. The van der Waals surface area contributed by atoms with Gasteiger partial charge in [-0.2, -0.15) is 0 Å². The van der Waals surface area contributed by atoms with Crippen molar-refractivity contribution < 1.29 is 14.4 Å². The van der Waals surface area contributed by atoms with E-state index in [0.29, 0.717) is 6.07 Å². The number of nitrogens with zero attached hydrogens (tertiary/aromatic N) is 2. The molecule has 64 valence electrons. The lowest BCUT2D eigenvalue weighted by Gasteiger charge is -1.95. The summed E-state index contributed by atoms with van der Waals surface area (Å²) in [5.41, 5.74) is 0. The second-order valence-corrected chi connectivity index (χ2v) is 2.24. The summed E-state index contributed by atoms with van der Waals surface area (Å²) in [7, 11) is 0. The summed E-state index contributed by atoms with van der Waals surface area (Å²) in [6, 6.07) is 0.684. The van der Waals surface area contributed by atoms with Gasteiger partial charge in [0.2, 0.25) is 5.15 Å². The van der Waals surface area contributed by atoms with Crippen molar-refractivity contribution in [3.05, 3.63) is 27.2 Å². The van der Waals surface area contributed by atoms with E-state index in [-0.39, 0.29) is 5.15 Å². The van der Waals surface area contributed by atoms with E-state index < -0.39 is 22.3 Å². The lowest BCUT2D eigenvalue weighted by Crippen LogP contribution is -1.94. The van der Waals surface area contributed by atoms with Crippen LogP contribution in [0.15, 0.2) is 6.07 Å². The Morgan fingerprint density at radius 3 is 2.83 bits per heavy atom. The van der Waals surface area contributed by atoms with Gasteiger partial charge in [-0.3, -0.25) is 0 Å². The van der Waals surface area contributed by atoms with Crippen molar-refractivity contribution in [1.29, 1.82) is 0 Å². The van der Waals surface area contributed by atoms with E-state index in [1.165, 1.54) is 0 Å². The number of aromatic nitrogens is 1. The number of halogens is 2. The van der Waals surface area contributed by atoms with Crippen LogP contribution in [0.2, 0.25) is 5.15 Å². The van der Waals surface area contributed by atoms with Crippen LogP contribution in [0.3, 0.4) is 0 Å². The second-order valence-electron chi connectivity index (χ2n) is 1.86. The SMILES string of the molecule is O=[N+]([O-])c1nc(Cl)cc(F)c1O. The van der Waals surface area contributed by atoms with Crippen LogP contribution >= 0.6 is 11.6 Å². The molecule has 12 heavy (non-hydrogen) atoms. The van der Waals surface area contributed by atoms with E-state index in [9.17, 15) is 14.5 Å². The van der Waals surface area contributed by atoms with Gasteiger partial charge < -0.3 is 15.2 Å². The molecule has 0 aliphatic carbocycles. The Morgan fingerprint density at radius 2 is 2.33 bits per heavy atom. The van der Waals surface area contributed by atoms with Crippen molar-refractivity contribution in [2.24, 2.45) is 0 Å². The van der Waals surface area contributed by atoms with E-state index in [0.717, 1.165) is 0 Å². The molecular formula is C5H2ClFN2O3. The molecule has 5 nitrogen and oxygen atoms in total. The molecule has 0 aromatic carbocycles. The molecule has 0 aliphatic rings. The summed E-state index contributed by atoms with van der Waals surface area (Å²) in [4.78, 5) is 12.2. The highest BCUT2D eigenvalue weighted by atomic mass is 35.5. The van der Waals surface area contributed by atoms with E-state index >= 15 is 0 Å². The van der Waals surface area contributed by atoms with Crippen molar-refractivity contribution in [3.8, 4) is 5.75 Å². The van der Waals surface area contributed by atoms with Crippen LogP contribution in [-0.4, -0.2) is 15.0 Å². The Labute approximate surface area is 70.6 Å². The fraction of sp³-hybridized carbons (Fsp3) is 0. The van der Waals surface area contributed by atoms with E-state index in [1.807, 2.05) is 0 Å². The topological polar surface area (TPSA) is 76.3 Å². The van der Waals surface area contributed by atoms with Crippen LogP contribution in [0, 0.1) is 15.9 Å². The molecule has 0 amide bonds. The first-order chi connectivity index (χ1) is 5.52. The molecule has 7 heteroatoms. The fourth-order valence-electron chi connectivity index (χ4n) is 0.593. The molecule has 0 bridgehead atoms. The number of hydrogen-bond donors (Lipinski definition) is 1. The van der Waals surface area contributed by atoms with Crippen LogP contribution < -0.4 is 0 Å². The summed E-state index contributed by atoms with van der Waals surface area (Å²) in [5, 5.41) is 18.5. The molecule has 1 heterocycles. The molecule has 0 atom stereocenters. The number of hydrogen-bond acceptors (Lipinski definition) is 4. The van der Waals surface area contributed by atoms with Crippen LogP contribution in [-0.2, 0) is 0 Å². The largest absolute Gasteiger partial charge is 0.499 e. The molecule has 0 aliphatic heterocycles. The Bertz CT molecular complexity index is 344. The maximum Gasteiger partial charge on any atom is 0.410 e. The second kappa shape index (κ2) is 2.90. The first-order valence-electron chi connectivity index (χ1n) is 2.71. The van der Waals surface area contributed by atoms with Gasteiger partial charge in [0.15, 0.2) is 5.82 Å². The predicted molar refractivity (Wildman–Crippen MR) is 37.5 cm³/mol. The molecule has 0 saturated heterocycles. The third-order valence-corrected chi connectivity index (χ3v) is 1.26. The number of nitro groups is 1. The third kappa shape index (κ3) is 1.42. The molecule has 0 saturated carbocycles. The third-order valence-electron chi connectivity index (χ3n) is 1.07. The minimum atomic E-state index is -1.17. The standard InChI is InChI=1S/C5H2ClFN2O3/c6-3-1-2(7)4(10)5(8-3)9(11)12/h1,10H. The van der Waals surface area contributed by atoms with Gasteiger partial charge in [0, 0.05) is 6.07 Å². The maximum absolute atomic E-state index is 12.5. The van der Waals surface area contributed by atoms with Crippen molar-refractivity contribution in [2.45, 2.75) is 0 Å². The highest BCUT2D eigenvalue weighted by Gasteiger charge is 2.21. The first-order valence-corrected chi connectivity index (χ1v) is 3.09. The fourth-order valence-corrected chi connectivity index (χ4v) is 0.769. The Morgan fingerprint density at radius 1 is 1.75 bits per heavy atom. The summed E-state index contributed by atoms with van der Waals surface area (Å²) in [6.45, 7) is 0. The summed E-state index contributed by atoms with van der Waals surface area (Å²) in [6.07, 6.45) is 0. The van der Waals surface area contributed by atoms with Gasteiger partial charge in [0.25, 0.3) is 5.75 Å². The normalized spacial score (nSPS) is 9.83. The van der Waals surface area contributed by atoms with Gasteiger partial charge in [0.1, 0.15) is 0 Å². The van der Waals surface area contributed by atoms with Crippen LogP contribution in [0.5, 0.6) is 5.75 Å². The lowest BCUT2D eigenvalue weighted by molar-refractivity contribution is -0.390. The smallest absolute Gasteiger partial charge is 0.410 e. The zero-order chi connectivity index (χ0) is 9.30. The molecule has 1 aromatic rings. The van der Waals surface area contributed by atoms with Crippen molar-refractivity contribution >= 4 is 17.4 Å². The van der Waals surface area contributed by atoms with Crippen molar-refractivity contribution in [3.63, 3.8) is 0 Å². The van der Waals surface area contributed by atoms with Crippen LogP contribution in [0.25, 0.3) is 0 Å². The van der Waals surface area contributed by atoms with Gasteiger partial charge in [-0.1, -0.05) is 0 Å². The van der Waals surface area contributed by atoms with Gasteiger partial charge >= 0.3 is 5.82 Å². The molecule has 0 spiro atoms. The Kier molecular flexibility index (Phi) is 2.09. The molecule has 0 unspecified atom stereocenters. The highest BCUT2D eigenvalue weighted by Crippen LogP contribution is 2.28.